The van der Waals surface area contributed by atoms with Gasteiger partial charge in [-0.05, 0) is 41.5 Å². The highest BCUT2D eigenvalue weighted by molar-refractivity contribution is 7.12. The molecule has 0 aliphatic heterocycles. The van der Waals surface area contributed by atoms with E-state index in [0.717, 1.165) is 21.8 Å². The molecule has 19 heavy (non-hydrogen) atoms. The number of amides is 1. The van der Waals surface area contributed by atoms with Crippen LogP contribution in [-0.4, -0.2) is 17.0 Å². The quantitative estimate of drug-likeness (QED) is 0.848. The smallest absolute Gasteiger partial charge is 0.348 e. The SMILES string of the molecule is Cc1ccsc1/C=C/C(=O)Nc1ccsc1C(=O)O. The van der Waals surface area contributed by atoms with E-state index in [-0.39, 0.29) is 10.8 Å². The standard InChI is InChI=1S/C13H11NO3S2/c1-8-4-6-18-10(8)2-3-11(15)14-9-5-7-19-12(9)13(16)17/h2-7H,1H3,(H,14,15)(H,16,17)/b3-2+. The van der Waals surface area contributed by atoms with Crippen molar-refractivity contribution in [3.8, 4) is 0 Å². The lowest BCUT2D eigenvalue weighted by atomic mass is 10.3. The molecule has 0 aliphatic rings. The molecular formula is C13H11NO3S2. The van der Waals surface area contributed by atoms with Gasteiger partial charge in [0.15, 0.2) is 0 Å². The van der Waals surface area contributed by atoms with Gasteiger partial charge in [-0.15, -0.1) is 22.7 Å². The van der Waals surface area contributed by atoms with Crippen molar-refractivity contribution in [2.24, 2.45) is 0 Å². The Labute approximate surface area is 118 Å². The molecule has 2 rings (SSSR count). The average molecular weight is 293 g/mol. The Bertz CT molecular complexity index is 640. The zero-order valence-electron chi connectivity index (χ0n) is 10.0. The van der Waals surface area contributed by atoms with Crippen LogP contribution in [0.15, 0.2) is 29.0 Å². The van der Waals surface area contributed by atoms with Gasteiger partial charge in [-0.2, -0.15) is 0 Å². The summed E-state index contributed by atoms with van der Waals surface area (Å²) in [6, 6.07) is 3.56. The lowest BCUT2D eigenvalue weighted by molar-refractivity contribution is -0.111. The third kappa shape index (κ3) is 3.30. The zero-order chi connectivity index (χ0) is 13.8. The highest BCUT2D eigenvalue weighted by Crippen LogP contribution is 2.22. The highest BCUT2D eigenvalue weighted by Gasteiger charge is 2.12. The number of anilines is 1. The number of thiophene rings is 2. The van der Waals surface area contributed by atoms with E-state index in [1.54, 1.807) is 28.9 Å². The molecule has 1 amide bonds. The third-order valence-electron chi connectivity index (χ3n) is 2.41. The number of hydrogen-bond acceptors (Lipinski definition) is 4. The van der Waals surface area contributed by atoms with E-state index < -0.39 is 5.97 Å². The minimum atomic E-state index is -1.04. The second-order valence-electron chi connectivity index (χ2n) is 3.76. The molecule has 0 radical (unpaired) electrons. The van der Waals surface area contributed by atoms with Gasteiger partial charge in [0.2, 0.25) is 5.91 Å². The van der Waals surface area contributed by atoms with Gasteiger partial charge < -0.3 is 10.4 Å². The fourth-order valence-electron chi connectivity index (χ4n) is 1.45. The van der Waals surface area contributed by atoms with Gasteiger partial charge >= 0.3 is 5.97 Å². The van der Waals surface area contributed by atoms with Crippen LogP contribution < -0.4 is 5.32 Å². The summed E-state index contributed by atoms with van der Waals surface area (Å²) in [5, 5.41) is 15.1. The minimum absolute atomic E-state index is 0.133. The second kappa shape index (κ2) is 5.81. The van der Waals surface area contributed by atoms with Crippen molar-refractivity contribution in [1.29, 1.82) is 0 Å². The Morgan fingerprint density at radius 3 is 2.63 bits per heavy atom. The number of nitrogens with one attached hydrogen (secondary N) is 1. The van der Waals surface area contributed by atoms with Crippen molar-refractivity contribution in [2.75, 3.05) is 5.32 Å². The molecule has 0 spiro atoms. The first-order valence-corrected chi connectivity index (χ1v) is 7.18. The number of aryl methyl sites for hydroxylation is 1. The number of hydrogen-bond donors (Lipinski definition) is 2. The fourth-order valence-corrected chi connectivity index (χ4v) is 2.96. The van der Waals surface area contributed by atoms with Crippen LogP contribution in [0.1, 0.15) is 20.1 Å². The molecule has 2 heterocycles. The molecule has 0 fully saturated rings. The van der Waals surface area contributed by atoms with E-state index in [1.807, 2.05) is 18.4 Å². The first kappa shape index (κ1) is 13.5. The minimum Gasteiger partial charge on any atom is -0.477 e. The maximum absolute atomic E-state index is 11.7. The Kier molecular flexibility index (Phi) is 4.13. The number of carboxylic acids is 1. The first-order valence-electron chi connectivity index (χ1n) is 5.42. The molecule has 98 valence electrons. The molecule has 0 saturated carbocycles. The van der Waals surface area contributed by atoms with Crippen molar-refractivity contribution in [1.82, 2.24) is 0 Å². The topological polar surface area (TPSA) is 66.4 Å². The maximum atomic E-state index is 11.7. The lowest BCUT2D eigenvalue weighted by Gasteiger charge is -2.00. The molecule has 0 atom stereocenters. The number of carbonyl (C=O) groups is 2. The van der Waals surface area contributed by atoms with Gasteiger partial charge in [0, 0.05) is 11.0 Å². The van der Waals surface area contributed by atoms with Crippen LogP contribution in [0.5, 0.6) is 0 Å². The molecule has 0 saturated heterocycles. The van der Waals surface area contributed by atoms with Gasteiger partial charge in [-0.25, -0.2) is 4.79 Å². The molecule has 2 N–H and O–H groups in total. The zero-order valence-corrected chi connectivity index (χ0v) is 11.7. The molecule has 2 aromatic heterocycles. The summed E-state index contributed by atoms with van der Waals surface area (Å²) in [4.78, 5) is 23.8. The van der Waals surface area contributed by atoms with Crippen molar-refractivity contribution >= 4 is 46.3 Å². The van der Waals surface area contributed by atoms with Crippen LogP contribution in [0.2, 0.25) is 0 Å². The summed E-state index contributed by atoms with van der Waals surface area (Å²) < 4.78 is 0. The Balaban J connectivity index is 2.06. The summed E-state index contributed by atoms with van der Waals surface area (Å²) in [6.07, 6.45) is 3.13. The molecule has 0 aromatic carbocycles. The van der Waals surface area contributed by atoms with Crippen LogP contribution in [-0.2, 0) is 4.79 Å². The Morgan fingerprint density at radius 2 is 2.00 bits per heavy atom. The molecule has 4 nitrogen and oxygen atoms in total. The summed E-state index contributed by atoms with van der Waals surface area (Å²) in [5.74, 6) is -1.38. The van der Waals surface area contributed by atoms with E-state index in [1.165, 1.54) is 6.08 Å². The normalized spacial score (nSPS) is 10.8. The Hall–Kier alpha value is -1.92. The van der Waals surface area contributed by atoms with Crippen LogP contribution in [0.25, 0.3) is 6.08 Å². The van der Waals surface area contributed by atoms with Crippen molar-refractivity contribution in [3.63, 3.8) is 0 Å². The second-order valence-corrected chi connectivity index (χ2v) is 5.62. The van der Waals surface area contributed by atoms with E-state index in [2.05, 4.69) is 5.32 Å². The van der Waals surface area contributed by atoms with Gasteiger partial charge in [0.1, 0.15) is 4.88 Å². The van der Waals surface area contributed by atoms with Gasteiger partial charge in [-0.1, -0.05) is 0 Å². The number of aromatic carboxylic acids is 1. The van der Waals surface area contributed by atoms with E-state index in [4.69, 9.17) is 5.11 Å². The number of carboxylic acid groups (broad SMARTS) is 1. The summed E-state index contributed by atoms with van der Waals surface area (Å²) >= 11 is 2.63. The average Bonchev–Trinajstić information content (AvgIpc) is 2.95. The molecule has 6 heteroatoms. The van der Waals surface area contributed by atoms with Crippen molar-refractivity contribution in [3.05, 3.63) is 44.3 Å². The highest BCUT2D eigenvalue weighted by atomic mass is 32.1. The van der Waals surface area contributed by atoms with Gasteiger partial charge in [-0.3, -0.25) is 4.79 Å². The van der Waals surface area contributed by atoms with Gasteiger partial charge in [0.25, 0.3) is 0 Å². The predicted octanol–water partition coefficient (Wildman–Crippen LogP) is 3.47. The summed E-state index contributed by atoms with van der Waals surface area (Å²) in [6.45, 7) is 1.97. The molecule has 2 aromatic rings. The van der Waals surface area contributed by atoms with E-state index in [9.17, 15) is 9.59 Å². The molecule has 0 aliphatic carbocycles. The fraction of sp³-hybridized carbons (Fsp3) is 0.0769. The molecule has 0 unspecified atom stereocenters. The van der Waals surface area contributed by atoms with E-state index >= 15 is 0 Å². The predicted molar refractivity (Wildman–Crippen MR) is 78.0 cm³/mol. The largest absolute Gasteiger partial charge is 0.477 e. The number of carbonyl (C=O) groups excluding carboxylic acids is 1. The Morgan fingerprint density at radius 1 is 1.26 bits per heavy atom. The van der Waals surface area contributed by atoms with E-state index in [0.29, 0.717) is 5.69 Å². The summed E-state index contributed by atoms with van der Waals surface area (Å²) in [7, 11) is 0. The van der Waals surface area contributed by atoms with Crippen LogP contribution in [0.3, 0.4) is 0 Å². The van der Waals surface area contributed by atoms with Crippen molar-refractivity contribution in [2.45, 2.75) is 6.92 Å². The molecule has 0 bridgehead atoms. The summed E-state index contributed by atoms with van der Waals surface area (Å²) in [5.41, 5.74) is 1.44. The first-order chi connectivity index (χ1) is 9.08. The molecular weight excluding hydrogens is 282 g/mol. The van der Waals surface area contributed by atoms with Crippen LogP contribution in [0, 0.1) is 6.92 Å². The monoisotopic (exact) mass is 293 g/mol. The lowest BCUT2D eigenvalue weighted by Crippen LogP contribution is -2.09. The van der Waals surface area contributed by atoms with Gasteiger partial charge in [0.05, 0.1) is 5.69 Å². The van der Waals surface area contributed by atoms with Crippen molar-refractivity contribution < 1.29 is 14.7 Å². The third-order valence-corrected chi connectivity index (χ3v) is 4.29. The maximum Gasteiger partial charge on any atom is 0.348 e. The van der Waals surface area contributed by atoms with Crippen LogP contribution in [0.4, 0.5) is 5.69 Å². The number of rotatable bonds is 4. The van der Waals surface area contributed by atoms with Crippen LogP contribution >= 0.6 is 22.7 Å².